The Hall–Kier alpha value is -2.27. The number of carbonyl (C=O) groups excluding carboxylic acids is 2. The van der Waals surface area contributed by atoms with Gasteiger partial charge in [0.15, 0.2) is 0 Å². The van der Waals surface area contributed by atoms with E-state index in [1.165, 1.54) is 5.56 Å². The van der Waals surface area contributed by atoms with Crippen LogP contribution in [0.1, 0.15) is 36.2 Å². The topological polar surface area (TPSA) is 58.2 Å². The molecule has 0 aliphatic rings. The highest BCUT2D eigenvalue weighted by Crippen LogP contribution is 2.21. The van der Waals surface area contributed by atoms with Crippen LogP contribution in [0.15, 0.2) is 54.6 Å². The summed E-state index contributed by atoms with van der Waals surface area (Å²) in [6.07, 6.45) is 0.868. The van der Waals surface area contributed by atoms with E-state index in [-0.39, 0.29) is 17.1 Å². The Bertz CT molecular complexity index is 704. The number of rotatable bonds is 8. The van der Waals surface area contributed by atoms with Crippen LogP contribution in [0.4, 0.5) is 5.69 Å². The zero-order valence-corrected chi connectivity index (χ0v) is 15.4. The lowest BCUT2D eigenvalue weighted by molar-refractivity contribution is -0.115. The van der Waals surface area contributed by atoms with Gasteiger partial charge in [0.25, 0.3) is 5.91 Å². The zero-order chi connectivity index (χ0) is 18.1. The molecule has 0 aromatic heterocycles. The van der Waals surface area contributed by atoms with E-state index >= 15 is 0 Å². The quantitative estimate of drug-likeness (QED) is 0.749. The number of para-hydroxylation sites is 1. The summed E-state index contributed by atoms with van der Waals surface area (Å²) in [7, 11) is 0. The third kappa shape index (κ3) is 5.94. The molecule has 0 radical (unpaired) electrons. The van der Waals surface area contributed by atoms with E-state index in [9.17, 15) is 9.59 Å². The number of benzene rings is 2. The molecular weight excluding hydrogens is 332 g/mol. The highest BCUT2D eigenvalue weighted by atomic mass is 32.2. The third-order valence-electron chi connectivity index (χ3n) is 3.68. The molecule has 132 valence electrons. The van der Waals surface area contributed by atoms with Crippen molar-refractivity contribution < 1.29 is 9.59 Å². The van der Waals surface area contributed by atoms with Gasteiger partial charge in [0.2, 0.25) is 5.91 Å². The van der Waals surface area contributed by atoms with Crippen molar-refractivity contribution in [3.05, 3.63) is 65.7 Å². The highest BCUT2D eigenvalue weighted by molar-refractivity contribution is 7.99. The summed E-state index contributed by atoms with van der Waals surface area (Å²) in [5.74, 6) is 0.507. The van der Waals surface area contributed by atoms with Crippen LogP contribution in [0.2, 0.25) is 0 Å². The molecule has 2 rings (SSSR count). The Morgan fingerprint density at radius 3 is 2.44 bits per heavy atom. The third-order valence-corrected chi connectivity index (χ3v) is 4.89. The fourth-order valence-corrected chi connectivity index (χ4v) is 3.07. The molecule has 5 heteroatoms. The van der Waals surface area contributed by atoms with Gasteiger partial charge in [-0.25, -0.2) is 0 Å². The molecule has 0 saturated carbocycles. The first-order valence-corrected chi connectivity index (χ1v) is 9.50. The SMILES string of the molecule is CCCNC(=O)c1ccccc1NC(=O)[C@@H](C)SCc1ccccc1. The van der Waals surface area contributed by atoms with Crippen molar-refractivity contribution in [1.29, 1.82) is 0 Å². The van der Waals surface area contributed by atoms with E-state index in [0.717, 1.165) is 12.2 Å². The summed E-state index contributed by atoms with van der Waals surface area (Å²) in [6.45, 7) is 4.49. The van der Waals surface area contributed by atoms with Crippen molar-refractivity contribution >= 4 is 29.3 Å². The van der Waals surface area contributed by atoms with Crippen LogP contribution in [0, 0.1) is 0 Å². The number of hydrogen-bond donors (Lipinski definition) is 2. The van der Waals surface area contributed by atoms with Gasteiger partial charge in [-0.05, 0) is 31.0 Å². The maximum atomic E-state index is 12.5. The fraction of sp³-hybridized carbons (Fsp3) is 0.300. The number of anilines is 1. The van der Waals surface area contributed by atoms with E-state index in [4.69, 9.17) is 0 Å². The molecule has 2 aromatic rings. The van der Waals surface area contributed by atoms with Gasteiger partial charge in [-0.2, -0.15) is 0 Å². The van der Waals surface area contributed by atoms with Crippen molar-refractivity contribution in [2.24, 2.45) is 0 Å². The summed E-state index contributed by atoms with van der Waals surface area (Å²) >= 11 is 1.57. The van der Waals surface area contributed by atoms with Crippen molar-refractivity contribution in [3.63, 3.8) is 0 Å². The van der Waals surface area contributed by atoms with Crippen molar-refractivity contribution in [2.45, 2.75) is 31.3 Å². The number of thioether (sulfide) groups is 1. The molecule has 4 nitrogen and oxygen atoms in total. The van der Waals surface area contributed by atoms with E-state index < -0.39 is 0 Å². The van der Waals surface area contributed by atoms with E-state index in [2.05, 4.69) is 10.6 Å². The van der Waals surface area contributed by atoms with Crippen LogP contribution < -0.4 is 10.6 Å². The molecule has 0 spiro atoms. The molecule has 1 atom stereocenters. The zero-order valence-electron chi connectivity index (χ0n) is 14.6. The standard InChI is InChI=1S/C20H24N2O2S/c1-3-13-21-20(24)17-11-7-8-12-18(17)22-19(23)15(2)25-14-16-9-5-4-6-10-16/h4-12,15H,3,13-14H2,1-2H3,(H,21,24)(H,22,23)/t15-/m1/s1. The predicted octanol–water partition coefficient (Wildman–Crippen LogP) is 4.09. The molecule has 2 aromatic carbocycles. The highest BCUT2D eigenvalue weighted by Gasteiger charge is 2.17. The van der Waals surface area contributed by atoms with Gasteiger partial charge in [-0.1, -0.05) is 49.4 Å². The van der Waals surface area contributed by atoms with Crippen molar-refractivity contribution in [1.82, 2.24) is 5.32 Å². The summed E-state index contributed by atoms with van der Waals surface area (Å²) in [4.78, 5) is 24.7. The monoisotopic (exact) mass is 356 g/mol. The number of amides is 2. The van der Waals surface area contributed by atoms with E-state index in [1.54, 1.807) is 30.0 Å². The maximum absolute atomic E-state index is 12.5. The van der Waals surface area contributed by atoms with Crippen LogP contribution in [0.25, 0.3) is 0 Å². The van der Waals surface area contributed by atoms with Gasteiger partial charge < -0.3 is 10.6 Å². The second-order valence-electron chi connectivity index (χ2n) is 5.73. The second-order valence-corrected chi connectivity index (χ2v) is 7.06. The fourth-order valence-electron chi connectivity index (χ4n) is 2.23. The lowest BCUT2D eigenvalue weighted by Crippen LogP contribution is -2.27. The first kappa shape index (κ1) is 19.1. The summed E-state index contributed by atoms with van der Waals surface area (Å²) < 4.78 is 0. The van der Waals surface area contributed by atoms with Crippen LogP contribution in [0.3, 0.4) is 0 Å². The molecule has 0 bridgehead atoms. The molecule has 0 fully saturated rings. The minimum Gasteiger partial charge on any atom is -0.352 e. The number of hydrogen-bond acceptors (Lipinski definition) is 3. The van der Waals surface area contributed by atoms with Crippen LogP contribution in [-0.2, 0) is 10.5 Å². The molecule has 2 N–H and O–H groups in total. The van der Waals surface area contributed by atoms with Gasteiger partial charge in [-0.3, -0.25) is 9.59 Å². The Morgan fingerprint density at radius 1 is 1.04 bits per heavy atom. The van der Waals surface area contributed by atoms with Gasteiger partial charge in [0.05, 0.1) is 16.5 Å². The Morgan fingerprint density at radius 2 is 1.72 bits per heavy atom. The maximum Gasteiger partial charge on any atom is 0.253 e. The molecule has 25 heavy (non-hydrogen) atoms. The van der Waals surface area contributed by atoms with E-state index in [0.29, 0.717) is 17.8 Å². The first-order valence-electron chi connectivity index (χ1n) is 8.45. The lowest BCUT2D eigenvalue weighted by Gasteiger charge is -2.14. The van der Waals surface area contributed by atoms with Gasteiger partial charge in [0.1, 0.15) is 0 Å². The molecule has 0 aliphatic carbocycles. The summed E-state index contributed by atoms with van der Waals surface area (Å²) in [5.41, 5.74) is 2.23. The minimum absolute atomic E-state index is 0.100. The van der Waals surface area contributed by atoms with Crippen LogP contribution >= 0.6 is 11.8 Å². The number of carbonyl (C=O) groups is 2. The Labute approximate surface area is 153 Å². The van der Waals surface area contributed by atoms with Gasteiger partial charge in [-0.15, -0.1) is 11.8 Å². The molecule has 0 aliphatic heterocycles. The van der Waals surface area contributed by atoms with Crippen molar-refractivity contribution in [3.8, 4) is 0 Å². The molecule has 0 unspecified atom stereocenters. The smallest absolute Gasteiger partial charge is 0.253 e. The average molecular weight is 356 g/mol. The largest absolute Gasteiger partial charge is 0.352 e. The average Bonchev–Trinajstić information content (AvgIpc) is 2.65. The van der Waals surface area contributed by atoms with Crippen molar-refractivity contribution in [2.75, 3.05) is 11.9 Å². The van der Waals surface area contributed by atoms with E-state index in [1.807, 2.05) is 50.2 Å². The Balaban J connectivity index is 1.96. The molecule has 0 saturated heterocycles. The summed E-state index contributed by atoms with van der Waals surface area (Å²) in [5, 5.41) is 5.51. The predicted molar refractivity (Wildman–Crippen MR) is 105 cm³/mol. The first-order chi connectivity index (χ1) is 12.1. The summed E-state index contributed by atoms with van der Waals surface area (Å²) in [6, 6.07) is 17.1. The second kappa shape index (κ2) is 9.89. The minimum atomic E-state index is -0.216. The molecule has 0 heterocycles. The molecular formula is C20H24N2O2S. The van der Waals surface area contributed by atoms with Crippen LogP contribution in [0.5, 0.6) is 0 Å². The molecule has 2 amide bonds. The van der Waals surface area contributed by atoms with Crippen LogP contribution in [-0.4, -0.2) is 23.6 Å². The van der Waals surface area contributed by atoms with Gasteiger partial charge >= 0.3 is 0 Å². The Kier molecular flexibility index (Phi) is 7.54. The number of nitrogens with one attached hydrogen (secondary N) is 2. The van der Waals surface area contributed by atoms with Gasteiger partial charge in [0, 0.05) is 12.3 Å². The lowest BCUT2D eigenvalue weighted by atomic mass is 10.1. The normalized spacial score (nSPS) is 11.6.